The van der Waals surface area contributed by atoms with Crippen LogP contribution in [-0.4, -0.2) is 50.7 Å². The second-order valence-electron chi connectivity index (χ2n) is 7.30. The normalized spacial score (nSPS) is 15.6. The highest BCUT2D eigenvalue weighted by Crippen LogP contribution is 2.31. The molecule has 0 unspecified atom stereocenters. The third-order valence-corrected chi connectivity index (χ3v) is 5.37. The number of pyridine rings is 2. The molecule has 1 amide bonds. The molecule has 31 heavy (non-hydrogen) atoms. The highest BCUT2D eigenvalue weighted by molar-refractivity contribution is 5.95. The molecule has 1 saturated heterocycles. The molecule has 158 valence electrons. The Morgan fingerprint density at radius 1 is 1.42 bits per heavy atom. The van der Waals surface area contributed by atoms with Gasteiger partial charge in [0, 0.05) is 32.5 Å². The van der Waals surface area contributed by atoms with Gasteiger partial charge < -0.3 is 16.0 Å². The summed E-state index contributed by atoms with van der Waals surface area (Å²) in [6.07, 6.45) is 5.24. The number of fused-ring (bicyclic) bond motifs is 1. The Balaban J connectivity index is 1.81. The molecule has 0 radical (unpaired) electrons. The minimum Gasteiger partial charge on any atom is -0.383 e. The number of amides is 1. The van der Waals surface area contributed by atoms with Crippen LogP contribution >= 0.6 is 0 Å². The number of likely N-dealkylation sites (tertiary alicyclic amines) is 1. The van der Waals surface area contributed by atoms with Gasteiger partial charge in [0.1, 0.15) is 11.5 Å². The maximum Gasteiger partial charge on any atom is 0.246 e. The molecule has 0 aromatic carbocycles. The molecule has 3 N–H and O–H groups in total. The predicted octanol–water partition coefficient (Wildman–Crippen LogP) is 2.26. The van der Waals surface area contributed by atoms with Crippen LogP contribution in [0.5, 0.6) is 0 Å². The lowest BCUT2D eigenvalue weighted by Gasteiger charge is -2.15. The minimum atomic E-state index is -0.530. The number of nitrogens with one attached hydrogen (secondary N) is 1. The van der Waals surface area contributed by atoms with Crippen molar-refractivity contribution in [1.82, 2.24) is 24.6 Å². The van der Waals surface area contributed by atoms with E-state index in [1.807, 2.05) is 11.6 Å². The third-order valence-electron chi connectivity index (χ3n) is 5.37. The summed E-state index contributed by atoms with van der Waals surface area (Å²) >= 11 is 0. The van der Waals surface area contributed by atoms with Crippen molar-refractivity contribution < 1.29 is 9.18 Å². The lowest BCUT2D eigenvalue weighted by atomic mass is 10.1. The first-order valence-corrected chi connectivity index (χ1v) is 9.83. The van der Waals surface area contributed by atoms with Gasteiger partial charge in [-0.25, -0.2) is 14.4 Å². The number of halogens is 1. The summed E-state index contributed by atoms with van der Waals surface area (Å²) in [7, 11) is 1.59. The van der Waals surface area contributed by atoms with E-state index in [4.69, 9.17) is 10.8 Å². The average molecular weight is 419 g/mol. The van der Waals surface area contributed by atoms with E-state index in [0.29, 0.717) is 30.0 Å². The van der Waals surface area contributed by atoms with Crippen molar-refractivity contribution in [2.24, 2.45) is 0 Å². The summed E-state index contributed by atoms with van der Waals surface area (Å²) in [4.78, 5) is 21.9. The van der Waals surface area contributed by atoms with Crippen LogP contribution in [0, 0.1) is 24.6 Å². The monoisotopic (exact) mass is 419 g/mol. The fourth-order valence-electron chi connectivity index (χ4n) is 3.81. The first kappa shape index (κ1) is 20.3. The van der Waals surface area contributed by atoms with Gasteiger partial charge in [0.05, 0.1) is 22.5 Å². The van der Waals surface area contributed by atoms with Gasteiger partial charge in [0.15, 0.2) is 11.6 Å². The fourth-order valence-corrected chi connectivity index (χ4v) is 3.81. The Morgan fingerprint density at radius 3 is 2.97 bits per heavy atom. The summed E-state index contributed by atoms with van der Waals surface area (Å²) < 4.78 is 16.4. The van der Waals surface area contributed by atoms with Crippen LogP contribution in [0.4, 0.5) is 16.0 Å². The number of rotatable bonds is 3. The summed E-state index contributed by atoms with van der Waals surface area (Å²) in [5.41, 5.74) is 8.50. The number of anilines is 2. The Bertz CT molecular complexity index is 1250. The molecule has 1 atom stereocenters. The van der Waals surface area contributed by atoms with Crippen molar-refractivity contribution in [1.29, 1.82) is 0 Å². The molecule has 8 nitrogen and oxygen atoms in total. The number of carbonyl (C=O) groups excluding carboxylic acids is 1. The van der Waals surface area contributed by atoms with E-state index < -0.39 is 5.82 Å². The van der Waals surface area contributed by atoms with Gasteiger partial charge >= 0.3 is 0 Å². The van der Waals surface area contributed by atoms with Gasteiger partial charge in [-0.05, 0) is 37.0 Å². The highest BCUT2D eigenvalue weighted by atomic mass is 19.1. The van der Waals surface area contributed by atoms with Crippen LogP contribution in [0.15, 0.2) is 31.1 Å². The topological polar surface area (TPSA) is 102 Å². The maximum atomic E-state index is 14.5. The molecule has 0 aliphatic carbocycles. The third kappa shape index (κ3) is 3.57. The number of aromatic nitrogens is 4. The number of hydrogen-bond acceptors (Lipinski definition) is 6. The quantitative estimate of drug-likeness (QED) is 0.499. The average Bonchev–Trinajstić information content (AvgIpc) is 3.41. The first-order chi connectivity index (χ1) is 14.9. The largest absolute Gasteiger partial charge is 0.383 e. The van der Waals surface area contributed by atoms with Gasteiger partial charge in [0.25, 0.3) is 0 Å². The van der Waals surface area contributed by atoms with Crippen LogP contribution in [0.2, 0.25) is 0 Å². The fraction of sp³-hybridized carbons (Fsp3) is 0.273. The number of nitrogens with two attached hydrogens (primary N) is 1. The molecule has 0 spiro atoms. The van der Waals surface area contributed by atoms with Crippen molar-refractivity contribution >= 4 is 28.4 Å². The van der Waals surface area contributed by atoms with E-state index in [1.165, 1.54) is 18.3 Å². The SMILES string of the molecule is C=CC(=O)N1CC[C@H](n2nc(C#Cc3ccnc(NC)c3F)c3c(N)ncc(C)c32)C1. The lowest BCUT2D eigenvalue weighted by Crippen LogP contribution is -2.27. The molecule has 4 heterocycles. The molecule has 0 bridgehead atoms. The Hall–Kier alpha value is -3.93. The van der Waals surface area contributed by atoms with Gasteiger partial charge in [-0.1, -0.05) is 12.5 Å². The van der Waals surface area contributed by atoms with Gasteiger partial charge in [-0.2, -0.15) is 5.10 Å². The number of aryl methyl sites for hydroxylation is 1. The van der Waals surface area contributed by atoms with Gasteiger partial charge in [-0.15, -0.1) is 0 Å². The van der Waals surface area contributed by atoms with Gasteiger partial charge in [0.2, 0.25) is 5.91 Å². The number of nitrogens with zero attached hydrogens (tertiary/aromatic N) is 5. The summed E-state index contributed by atoms with van der Waals surface area (Å²) in [5.74, 6) is 5.59. The number of hydrogen-bond donors (Lipinski definition) is 2. The molecule has 1 fully saturated rings. The van der Waals surface area contributed by atoms with Crippen LogP contribution in [0.1, 0.15) is 29.3 Å². The standard InChI is InChI=1S/C22H22FN7O/c1-4-17(31)29-10-8-15(12-29)30-20-13(2)11-27-21(24)18(20)16(28-30)6-5-14-7-9-26-22(25-3)19(14)23/h4,7,9,11,15H,1,8,10,12H2,2-3H3,(H2,24,27)(H,25,26)/t15-/m0/s1. The maximum absolute atomic E-state index is 14.5. The van der Waals surface area contributed by atoms with Crippen LogP contribution < -0.4 is 11.1 Å². The first-order valence-electron chi connectivity index (χ1n) is 9.83. The smallest absolute Gasteiger partial charge is 0.246 e. The van der Waals surface area contributed by atoms with Crippen molar-refractivity contribution in [3.63, 3.8) is 0 Å². The molecular weight excluding hydrogens is 397 g/mol. The molecule has 1 aliphatic rings. The van der Waals surface area contributed by atoms with Crippen molar-refractivity contribution in [3.05, 3.63) is 53.8 Å². The second kappa shape index (κ2) is 8.07. The van der Waals surface area contributed by atoms with Crippen LogP contribution in [0.25, 0.3) is 10.9 Å². The van der Waals surface area contributed by atoms with Crippen molar-refractivity contribution in [2.75, 3.05) is 31.2 Å². The molecule has 1 aliphatic heterocycles. The van der Waals surface area contributed by atoms with E-state index in [9.17, 15) is 9.18 Å². The summed E-state index contributed by atoms with van der Waals surface area (Å²) in [6, 6.07) is 1.47. The Kier molecular flexibility index (Phi) is 5.29. The zero-order chi connectivity index (χ0) is 22.1. The van der Waals surface area contributed by atoms with Crippen molar-refractivity contribution in [2.45, 2.75) is 19.4 Å². The molecule has 9 heteroatoms. The van der Waals surface area contributed by atoms with E-state index in [1.54, 1.807) is 18.1 Å². The Morgan fingerprint density at radius 2 is 2.23 bits per heavy atom. The minimum absolute atomic E-state index is 0.0315. The molecule has 3 aromatic rings. The second-order valence-corrected chi connectivity index (χ2v) is 7.30. The van der Waals surface area contributed by atoms with Crippen LogP contribution in [-0.2, 0) is 4.79 Å². The predicted molar refractivity (Wildman–Crippen MR) is 117 cm³/mol. The lowest BCUT2D eigenvalue weighted by molar-refractivity contribution is -0.125. The van der Waals surface area contributed by atoms with E-state index >= 15 is 0 Å². The molecule has 3 aromatic heterocycles. The highest BCUT2D eigenvalue weighted by Gasteiger charge is 2.29. The number of nitrogen functional groups attached to an aromatic ring is 1. The zero-order valence-corrected chi connectivity index (χ0v) is 17.3. The van der Waals surface area contributed by atoms with E-state index in [-0.39, 0.29) is 23.3 Å². The zero-order valence-electron chi connectivity index (χ0n) is 17.3. The molecule has 0 saturated carbocycles. The van der Waals surface area contributed by atoms with Crippen molar-refractivity contribution in [3.8, 4) is 11.8 Å². The van der Waals surface area contributed by atoms with E-state index in [2.05, 4.69) is 33.7 Å². The summed E-state index contributed by atoms with van der Waals surface area (Å²) in [6.45, 7) is 6.62. The number of carbonyl (C=O) groups is 1. The van der Waals surface area contributed by atoms with E-state index in [0.717, 1.165) is 17.5 Å². The molecular formula is C22H22FN7O. The van der Waals surface area contributed by atoms with Crippen LogP contribution in [0.3, 0.4) is 0 Å². The molecule has 4 rings (SSSR count). The summed E-state index contributed by atoms with van der Waals surface area (Å²) in [5, 5.41) is 8.03. The van der Waals surface area contributed by atoms with Gasteiger partial charge in [-0.3, -0.25) is 9.48 Å². The Labute approximate surface area is 179 Å².